The Morgan fingerprint density at radius 1 is 1.38 bits per heavy atom. The van der Waals surface area contributed by atoms with Crippen LogP contribution >= 0.6 is 23.6 Å². The second kappa shape index (κ2) is 6.02. The summed E-state index contributed by atoms with van der Waals surface area (Å²) in [5, 5.41) is -0.450. The third-order valence-corrected chi connectivity index (χ3v) is 5.93. The summed E-state index contributed by atoms with van der Waals surface area (Å²) < 4.78 is 42.8. The lowest BCUT2D eigenvalue weighted by atomic mass is 10.1. The average Bonchev–Trinajstić information content (AvgIpc) is 3.28. The van der Waals surface area contributed by atoms with Crippen molar-refractivity contribution in [3.63, 3.8) is 0 Å². The van der Waals surface area contributed by atoms with Crippen molar-refractivity contribution in [1.29, 1.82) is 0 Å². The Labute approximate surface area is 155 Å². The molecule has 26 heavy (non-hydrogen) atoms. The maximum absolute atomic E-state index is 13.7. The van der Waals surface area contributed by atoms with Crippen LogP contribution in [-0.2, 0) is 12.6 Å². The smallest absolute Gasteiger partial charge is 0.299 e. The maximum Gasteiger partial charge on any atom is 0.417 e. The molecule has 1 aliphatic rings. The molecule has 1 saturated carbocycles. The van der Waals surface area contributed by atoms with Crippen LogP contribution in [0.5, 0.6) is 0 Å². The van der Waals surface area contributed by atoms with Crippen molar-refractivity contribution >= 4 is 34.6 Å². The van der Waals surface area contributed by atoms with Gasteiger partial charge in [0, 0.05) is 10.9 Å². The first-order chi connectivity index (χ1) is 12.3. The number of pyridine rings is 1. The van der Waals surface area contributed by atoms with Gasteiger partial charge in [-0.2, -0.15) is 13.2 Å². The minimum Gasteiger partial charge on any atom is -0.299 e. The fourth-order valence-electron chi connectivity index (χ4n) is 2.97. The van der Waals surface area contributed by atoms with Gasteiger partial charge >= 0.3 is 6.18 Å². The van der Waals surface area contributed by atoms with Crippen molar-refractivity contribution < 1.29 is 13.2 Å². The van der Waals surface area contributed by atoms with Crippen LogP contribution in [-0.4, -0.2) is 14.5 Å². The standard InChI is InChI=1S/C17H14F3N3OS2/c1-2-9-5-6-12(26-9)11-7-10(17(18,19)20)13-14(21-11)23(8-3-4-8)16(25)22-15(13)24/h5-8H,2-4H2,1H3,(H,22,24,25). The van der Waals surface area contributed by atoms with E-state index in [1.54, 1.807) is 10.6 Å². The Kier molecular flexibility index (Phi) is 4.03. The lowest BCUT2D eigenvalue weighted by Gasteiger charge is -2.15. The highest BCUT2D eigenvalue weighted by Gasteiger charge is 2.37. The molecule has 0 bridgehead atoms. The summed E-state index contributed by atoms with van der Waals surface area (Å²) in [6, 6.07) is 4.59. The Morgan fingerprint density at radius 2 is 2.12 bits per heavy atom. The van der Waals surface area contributed by atoms with Crippen molar-refractivity contribution in [3.05, 3.63) is 43.8 Å². The number of nitrogens with one attached hydrogen (secondary N) is 1. The number of thiophene rings is 1. The molecule has 0 spiro atoms. The topological polar surface area (TPSA) is 50.7 Å². The van der Waals surface area contributed by atoms with E-state index < -0.39 is 22.7 Å². The number of halogens is 3. The van der Waals surface area contributed by atoms with Crippen molar-refractivity contribution in [3.8, 4) is 10.6 Å². The first kappa shape index (κ1) is 17.4. The lowest BCUT2D eigenvalue weighted by molar-refractivity contribution is -0.136. The van der Waals surface area contributed by atoms with Gasteiger partial charge < -0.3 is 0 Å². The molecule has 3 aromatic heterocycles. The molecule has 0 radical (unpaired) electrons. The molecule has 1 N–H and O–H groups in total. The molecule has 3 heterocycles. The van der Waals surface area contributed by atoms with Crippen LogP contribution < -0.4 is 5.56 Å². The molecule has 4 nitrogen and oxygen atoms in total. The number of aromatic amines is 1. The largest absolute Gasteiger partial charge is 0.417 e. The van der Waals surface area contributed by atoms with E-state index in [9.17, 15) is 18.0 Å². The van der Waals surface area contributed by atoms with Gasteiger partial charge in [-0.1, -0.05) is 6.92 Å². The molecule has 0 atom stereocenters. The average molecular weight is 397 g/mol. The number of fused-ring (bicyclic) bond motifs is 1. The van der Waals surface area contributed by atoms with Gasteiger partial charge in [-0.15, -0.1) is 11.3 Å². The molecule has 0 amide bonds. The summed E-state index contributed by atoms with van der Waals surface area (Å²) in [6.07, 6.45) is -2.26. The highest BCUT2D eigenvalue weighted by Crippen LogP contribution is 2.40. The number of aromatic nitrogens is 3. The molecular weight excluding hydrogens is 383 g/mol. The summed E-state index contributed by atoms with van der Waals surface area (Å²) in [7, 11) is 0. The van der Waals surface area contributed by atoms with Gasteiger partial charge in [0.15, 0.2) is 4.77 Å². The molecule has 1 fully saturated rings. The predicted molar refractivity (Wildman–Crippen MR) is 97.2 cm³/mol. The highest BCUT2D eigenvalue weighted by molar-refractivity contribution is 7.71. The first-order valence-corrected chi connectivity index (χ1v) is 9.38. The third kappa shape index (κ3) is 2.88. The summed E-state index contributed by atoms with van der Waals surface area (Å²) in [5.41, 5.74) is -1.61. The third-order valence-electron chi connectivity index (χ3n) is 4.37. The van der Waals surface area contributed by atoms with Crippen molar-refractivity contribution in [1.82, 2.24) is 14.5 Å². The van der Waals surface area contributed by atoms with Crippen LogP contribution in [0, 0.1) is 4.77 Å². The fraction of sp³-hybridized carbons (Fsp3) is 0.353. The number of hydrogen-bond donors (Lipinski definition) is 1. The van der Waals surface area contributed by atoms with Crippen LogP contribution in [0.25, 0.3) is 21.6 Å². The van der Waals surface area contributed by atoms with E-state index in [0.29, 0.717) is 4.88 Å². The highest BCUT2D eigenvalue weighted by atomic mass is 32.1. The van der Waals surface area contributed by atoms with E-state index in [1.165, 1.54) is 11.3 Å². The predicted octanol–water partition coefficient (Wildman–Crippen LogP) is 5.10. The van der Waals surface area contributed by atoms with Gasteiger partial charge in [0.2, 0.25) is 0 Å². The Hall–Kier alpha value is -2.00. The van der Waals surface area contributed by atoms with Crippen molar-refractivity contribution in [2.45, 2.75) is 38.4 Å². The summed E-state index contributed by atoms with van der Waals surface area (Å²) in [6.45, 7) is 1.98. The van der Waals surface area contributed by atoms with E-state index in [0.717, 1.165) is 30.2 Å². The molecule has 0 unspecified atom stereocenters. The Balaban J connectivity index is 2.11. The van der Waals surface area contributed by atoms with Crippen LogP contribution in [0.1, 0.15) is 36.2 Å². The molecular formula is C17H14F3N3OS2. The van der Waals surface area contributed by atoms with Gasteiger partial charge in [-0.25, -0.2) is 4.98 Å². The SMILES string of the molecule is CCc1ccc(-c2cc(C(F)(F)F)c3c(=O)[nH]c(=S)n(C4CC4)c3n2)s1. The molecule has 1 aliphatic carbocycles. The quantitative estimate of drug-likeness (QED) is 0.626. The Morgan fingerprint density at radius 3 is 2.69 bits per heavy atom. The van der Waals surface area contributed by atoms with Crippen LogP contribution in [0.15, 0.2) is 23.0 Å². The van der Waals surface area contributed by atoms with Gasteiger partial charge in [-0.3, -0.25) is 14.3 Å². The van der Waals surface area contributed by atoms with E-state index in [-0.39, 0.29) is 22.2 Å². The zero-order valence-corrected chi connectivity index (χ0v) is 15.3. The van der Waals surface area contributed by atoms with Crippen molar-refractivity contribution in [2.24, 2.45) is 0 Å². The van der Waals surface area contributed by atoms with Gasteiger partial charge in [0.1, 0.15) is 5.65 Å². The molecule has 0 saturated heterocycles. The number of H-pyrrole nitrogens is 1. The monoisotopic (exact) mass is 397 g/mol. The normalized spacial score (nSPS) is 14.9. The number of hydrogen-bond acceptors (Lipinski definition) is 4. The molecule has 136 valence electrons. The van der Waals surface area contributed by atoms with Gasteiger partial charge in [-0.05, 0) is 49.7 Å². The summed E-state index contributed by atoms with van der Waals surface area (Å²) >= 11 is 6.59. The van der Waals surface area contributed by atoms with Crippen molar-refractivity contribution in [2.75, 3.05) is 0 Å². The first-order valence-electron chi connectivity index (χ1n) is 8.15. The lowest BCUT2D eigenvalue weighted by Crippen LogP contribution is -2.20. The number of aryl methyl sites for hydroxylation is 1. The summed E-state index contributed by atoms with van der Waals surface area (Å²) in [5.74, 6) is 0. The zero-order chi connectivity index (χ0) is 18.6. The number of rotatable bonds is 3. The second-order valence-corrected chi connectivity index (χ2v) is 7.79. The maximum atomic E-state index is 13.7. The minimum absolute atomic E-state index is 0.0116. The fourth-order valence-corrected chi connectivity index (χ4v) is 4.21. The molecule has 0 aromatic carbocycles. The molecule has 0 aliphatic heterocycles. The Bertz CT molecular complexity index is 1120. The zero-order valence-electron chi connectivity index (χ0n) is 13.7. The molecule has 4 rings (SSSR count). The summed E-state index contributed by atoms with van der Waals surface area (Å²) in [4.78, 5) is 20.8. The van der Waals surface area contributed by atoms with E-state index >= 15 is 0 Å². The van der Waals surface area contributed by atoms with Crippen LogP contribution in [0.4, 0.5) is 13.2 Å². The van der Waals surface area contributed by atoms with Gasteiger partial charge in [0.25, 0.3) is 5.56 Å². The van der Waals surface area contributed by atoms with Crippen LogP contribution in [0.2, 0.25) is 0 Å². The molecule has 3 aromatic rings. The van der Waals surface area contributed by atoms with E-state index in [2.05, 4.69) is 9.97 Å². The number of alkyl halides is 3. The van der Waals surface area contributed by atoms with E-state index in [1.807, 2.05) is 13.0 Å². The van der Waals surface area contributed by atoms with Crippen LogP contribution in [0.3, 0.4) is 0 Å². The minimum atomic E-state index is -4.67. The van der Waals surface area contributed by atoms with E-state index in [4.69, 9.17) is 12.2 Å². The van der Waals surface area contributed by atoms with Gasteiger partial charge in [0.05, 0.1) is 21.5 Å². The molecule has 9 heteroatoms. The second-order valence-electron chi connectivity index (χ2n) is 6.23. The number of nitrogens with zero attached hydrogens (tertiary/aromatic N) is 2.